The molecule has 33 heavy (non-hydrogen) atoms. The average Bonchev–Trinajstić information content (AvgIpc) is 3.42. The van der Waals surface area contributed by atoms with E-state index in [1.54, 1.807) is 0 Å². The number of aliphatic imine (C=N–C) groups is 1. The van der Waals surface area contributed by atoms with Gasteiger partial charge in [0.15, 0.2) is 5.82 Å². The van der Waals surface area contributed by atoms with E-state index in [9.17, 15) is 0 Å². The van der Waals surface area contributed by atoms with Crippen LogP contribution >= 0.6 is 0 Å². The van der Waals surface area contributed by atoms with Crippen molar-refractivity contribution in [2.24, 2.45) is 12.0 Å². The number of aromatic nitrogens is 4. The van der Waals surface area contributed by atoms with Gasteiger partial charge in [-0.15, -0.1) is 0 Å². The van der Waals surface area contributed by atoms with Crippen LogP contribution in [-0.2, 0) is 7.05 Å². The number of aryl methyl sites for hydroxylation is 1. The molecule has 0 unspecified atom stereocenters. The van der Waals surface area contributed by atoms with Crippen LogP contribution in [0.3, 0.4) is 0 Å². The number of likely N-dealkylation sites (tertiary alicyclic amines) is 1. The maximum Gasteiger partial charge on any atom is 0.162 e. The molecular formula is C25H34N8. The summed E-state index contributed by atoms with van der Waals surface area (Å²) in [6, 6.07) is 4.83. The second kappa shape index (κ2) is 9.11. The van der Waals surface area contributed by atoms with Gasteiger partial charge in [0.1, 0.15) is 5.65 Å². The fourth-order valence-corrected chi connectivity index (χ4v) is 5.23. The molecule has 2 aliphatic heterocycles. The molecule has 0 amide bonds. The van der Waals surface area contributed by atoms with Crippen LogP contribution in [0.2, 0.25) is 0 Å². The van der Waals surface area contributed by atoms with Crippen LogP contribution in [0.4, 0.5) is 5.82 Å². The smallest absolute Gasteiger partial charge is 0.162 e. The summed E-state index contributed by atoms with van der Waals surface area (Å²) in [5, 5.41) is 5.74. The second-order valence-electron chi connectivity index (χ2n) is 9.33. The van der Waals surface area contributed by atoms with Crippen molar-refractivity contribution in [3.05, 3.63) is 36.4 Å². The fraction of sp³-hybridized carbons (Fsp3) is 0.480. The zero-order valence-electron chi connectivity index (χ0n) is 20.0. The maximum atomic E-state index is 4.65. The number of allylic oxidation sites excluding steroid dienone is 1. The number of rotatable bonds is 5. The Bertz CT molecular complexity index is 1160. The van der Waals surface area contributed by atoms with Crippen molar-refractivity contribution in [3.8, 4) is 11.1 Å². The Labute approximate surface area is 195 Å². The van der Waals surface area contributed by atoms with Gasteiger partial charge in [0, 0.05) is 87.6 Å². The number of hydrogen-bond acceptors (Lipinski definition) is 6. The lowest BCUT2D eigenvalue weighted by molar-refractivity contribution is 0.0759. The number of likely N-dealkylation sites (N-methyl/N-ethyl adjacent to an activating group) is 1. The van der Waals surface area contributed by atoms with Gasteiger partial charge in [-0.3, -0.25) is 4.90 Å². The molecular weight excluding hydrogens is 412 g/mol. The summed E-state index contributed by atoms with van der Waals surface area (Å²) >= 11 is 0. The number of piperazine rings is 1. The highest BCUT2D eigenvalue weighted by atomic mass is 15.3. The van der Waals surface area contributed by atoms with Crippen molar-refractivity contribution in [2.75, 3.05) is 46.3 Å². The standard InChI is InChI=1S/C25H34N8/c1-19(31-11-6-20(7-12-31)32-15-13-29(3)14-16-32)18-33-24(26-2)23(17-28-33)21-5-9-27-25-22(21)8-10-30(25)4/h5,8-10,17-18,20H,2,6-7,11-16H2,1,3-4H3/b19-18+. The topological polar surface area (TPSA) is 57.7 Å². The summed E-state index contributed by atoms with van der Waals surface area (Å²) < 4.78 is 3.89. The third-order valence-electron chi connectivity index (χ3n) is 7.30. The second-order valence-corrected chi connectivity index (χ2v) is 9.33. The van der Waals surface area contributed by atoms with Crippen molar-refractivity contribution < 1.29 is 0 Å². The van der Waals surface area contributed by atoms with Gasteiger partial charge in [-0.05, 0) is 51.2 Å². The van der Waals surface area contributed by atoms with E-state index in [0.29, 0.717) is 6.04 Å². The predicted octanol–water partition coefficient (Wildman–Crippen LogP) is 3.30. The molecule has 174 valence electrons. The van der Waals surface area contributed by atoms with E-state index >= 15 is 0 Å². The van der Waals surface area contributed by atoms with E-state index in [1.165, 1.54) is 44.7 Å². The van der Waals surface area contributed by atoms with E-state index in [1.807, 2.05) is 41.0 Å². The van der Waals surface area contributed by atoms with Crippen LogP contribution in [0.15, 0.2) is 41.4 Å². The monoisotopic (exact) mass is 446 g/mol. The molecule has 0 N–H and O–H groups in total. The summed E-state index contributed by atoms with van der Waals surface area (Å²) in [5.41, 5.74) is 4.21. The quantitative estimate of drug-likeness (QED) is 0.563. The van der Waals surface area contributed by atoms with Gasteiger partial charge >= 0.3 is 0 Å². The van der Waals surface area contributed by atoms with Crippen molar-refractivity contribution in [1.82, 2.24) is 34.0 Å². The minimum absolute atomic E-state index is 0.712. The molecule has 5 heterocycles. The lowest BCUT2D eigenvalue weighted by Crippen LogP contribution is -2.52. The third kappa shape index (κ3) is 4.20. The first-order valence-electron chi connectivity index (χ1n) is 11.9. The molecule has 2 fully saturated rings. The fourth-order valence-electron chi connectivity index (χ4n) is 5.23. The largest absolute Gasteiger partial charge is 0.374 e. The molecule has 8 nitrogen and oxygen atoms in total. The van der Waals surface area contributed by atoms with E-state index in [4.69, 9.17) is 0 Å². The molecule has 0 bridgehead atoms. The molecule has 3 aromatic rings. The Kier molecular flexibility index (Phi) is 6.03. The van der Waals surface area contributed by atoms with Gasteiger partial charge < -0.3 is 14.4 Å². The summed E-state index contributed by atoms with van der Waals surface area (Å²) in [4.78, 5) is 16.4. The summed E-state index contributed by atoms with van der Waals surface area (Å²) in [6.45, 7) is 12.9. The van der Waals surface area contributed by atoms with Crippen LogP contribution in [-0.4, -0.2) is 93.1 Å². The Morgan fingerprint density at radius 2 is 1.82 bits per heavy atom. The summed E-state index contributed by atoms with van der Waals surface area (Å²) in [7, 11) is 4.23. The van der Waals surface area contributed by atoms with Gasteiger partial charge in [-0.25, -0.2) is 14.7 Å². The van der Waals surface area contributed by atoms with Crippen LogP contribution in [0, 0.1) is 0 Å². The molecule has 0 saturated carbocycles. The van der Waals surface area contributed by atoms with Crippen LogP contribution in [0.1, 0.15) is 19.8 Å². The van der Waals surface area contributed by atoms with Crippen LogP contribution < -0.4 is 0 Å². The molecule has 0 spiro atoms. The Hall–Kier alpha value is -2.97. The zero-order valence-corrected chi connectivity index (χ0v) is 20.0. The Morgan fingerprint density at radius 1 is 1.06 bits per heavy atom. The Morgan fingerprint density at radius 3 is 2.55 bits per heavy atom. The van der Waals surface area contributed by atoms with Gasteiger partial charge in [-0.2, -0.15) is 5.10 Å². The van der Waals surface area contributed by atoms with Gasteiger partial charge in [0.25, 0.3) is 0 Å². The number of fused-ring (bicyclic) bond motifs is 1. The summed E-state index contributed by atoms with van der Waals surface area (Å²) in [6.07, 6.45) is 10.3. The van der Waals surface area contributed by atoms with Crippen molar-refractivity contribution in [1.29, 1.82) is 0 Å². The molecule has 3 aromatic heterocycles. The molecule has 2 saturated heterocycles. The molecule has 2 aliphatic rings. The predicted molar refractivity (Wildman–Crippen MR) is 135 cm³/mol. The first-order valence-corrected chi connectivity index (χ1v) is 11.9. The van der Waals surface area contributed by atoms with Crippen molar-refractivity contribution in [3.63, 3.8) is 0 Å². The molecule has 5 rings (SSSR count). The highest BCUT2D eigenvalue weighted by Crippen LogP contribution is 2.35. The lowest BCUT2D eigenvalue weighted by atomic mass is 10.0. The molecule has 0 radical (unpaired) electrons. The minimum Gasteiger partial charge on any atom is -0.374 e. The molecule has 0 aromatic carbocycles. The highest BCUT2D eigenvalue weighted by molar-refractivity contribution is 5.96. The van der Waals surface area contributed by atoms with E-state index in [2.05, 4.69) is 62.7 Å². The summed E-state index contributed by atoms with van der Waals surface area (Å²) in [5.74, 6) is 0.762. The first-order chi connectivity index (χ1) is 16.0. The molecule has 0 atom stereocenters. The number of nitrogens with zero attached hydrogens (tertiary/aromatic N) is 8. The van der Waals surface area contributed by atoms with Gasteiger partial charge in [0.2, 0.25) is 0 Å². The van der Waals surface area contributed by atoms with Crippen LogP contribution in [0.5, 0.6) is 0 Å². The van der Waals surface area contributed by atoms with Crippen molar-refractivity contribution >= 4 is 29.8 Å². The lowest BCUT2D eigenvalue weighted by Gasteiger charge is -2.42. The van der Waals surface area contributed by atoms with Crippen LogP contribution in [0.25, 0.3) is 28.4 Å². The SMILES string of the molecule is C=Nc1c(-c2ccnc3c2ccn3C)cnn1/C=C(\C)N1CCC(N2CCN(C)CC2)CC1. The van der Waals surface area contributed by atoms with Gasteiger partial charge in [-0.1, -0.05) is 0 Å². The number of hydrogen-bond donors (Lipinski definition) is 0. The van der Waals surface area contributed by atoms with Gasteiger partial charge in [0.05, 0.1) is 6.20 Å². The normalized spacial score (nSPS) is 19.5. The van der Waals surface area contributed by atoms with E-state index in [0.717, 1.165) is 41.1 Å². The van der Waals surface area contributed by atoms with Crippen molar-refractivity contribution in [2.45, 2.75) is 25.8 Å². The van der Waals surface area contributed by atoms with E-state index < -0.39 is 0 Å². The zero-order chi connectivity index (χ0) is 22.9. The number of piperidine rings is 1. The average molecular weight is 447 g/mol. The highest BCUT2D eigenvalue weighted by Gasteiger charge is 2.27. The number of pyridine rings is 1. The Balaban J connectivity index is 1.33. The maximum absolute atomic E-state index is 4.65. The van der Waals surface area contributed by atoms with E-state index in [-0.39, 0.29) is 0 Å². The first kappa shape index (κ1) is 21.9. The molecule has 0 aliphatic carbocycles. The third-order valence-corrected chi connectivity index (χ3v) is 7.30. The minimum atomic E-state index is 0.712. The molecule has 8 heteroatoms.